The molecule has 0 spiro atoms. The highest BCUT2D eigenvalue weighted by Gasteiger charge is 2.27. The molecule has 0 aliphatic rings. The van der Waals surface area contributed by atoms with Crippen LogP contribution in [0.2, 0.25) is 15.1 Å². The zero-order chi connectivity index (χ0) is 17.0. The molecule has 2 rings (SSSR count). The normalized spacial score (nSPS) is 13.4. The number of nitrogens with one attached hydrogen (secondary N) is 1. The van der Waals surface area contributed by atoms with Gasteiger partial charge < -0.3 is 10.1 Å². The SMILES string of the molecule is COC(C)(CNC(=O)c1ccc(Cl)c(Cl)c1)c1cccc(Cl)c1. The first-order valence-electron chi connectivity index (χ1n) is 6.90. The van der Waals surface area contributed by atoms with Crippen LogP contribution in [0, 0.1) is 0 Å². The molecule has 6 heteroatoms. The molecule has 1 amide bonds. The van der Waals surface area contributed by atoms with Crippen molar-refractivity contribution in [1.29, 1.82) is 0 Å². The Bertz CT molecular complexity index is 721. The van der Waals surface area contributed by atoms with Gasteiger partial charge in [0.2, 0.25) is 0 Å². The number of hydrogen-bond donors (Lipinski definition) is 1. The van der Waals surface area contributed by atoms with Crippen LogP contribution in [0.1, 0.15) is 22.8 Å². The molecular formula is C17H16Cl3NO2. The van der Waals surface area contributed by atoms with Crippen molar-refractivity contribution in [2.75, 3.05) is 13.7 Å². The fraction of sp³-hybridized carbons (Fsp3) is 0.235. The number of hydrogen-bond acceptors (Lipinski definition) is 2. The standard InChI is InChI=1S/C17H16Cl3NO2/c1-17(23-2,12-4-3-5-13(18)9-12)10-21-16(22)11-6-7-14(19)15(20)8-11/h3-9H,10H2,1-2H3,(H,21,22). The van der Waals surface area contributed by atoms with Gasteiger partial charge in [0, 0.05) is 17.7 Å². The van der Waals surface area contributed by atoms with Crippen molar-refractivity contribution >= 4 is 40.7 Å². The number of ether oxygens (including phenoxy) is 1. The molecule has 0 aromatic heterocycles. The average molecular weight is 373 g/mol. The van der Waals surface area contributed by atoms with Gasteiger partial charge in [0.1, 0.15) is 5.60 Å². The minimum Gasteiger partial charge on any atom is -0.372 e. The van der Waals surface area contributed by atoms with Crippen molar-refractivity contribution in [1.82, 2.24) is 5.32 Å². The van der Waals surface area contributed by atoms with Gasteiger partial charge in [-0.05, 0) is 42.8 Å². The van der Waals surface area contributed by atoms with Crippen molar-refractivity contribution in [3.8, 4) is 0 Å². The fourth-order valence-electron chi connectivity index (χ4n) is 2.10. The Morgan fingerprint density at radius 3 is 2.48 bits per heavy atom. The molecule has 0 saturated carbocycles. The van der Waals surface area contributed by atoms with Crippen molar-refractivity contribution in [3.05, 3.63) is 68.7 Å². The second kappa shape index (κ2) is 7.54. The van der Waals surface area contributed by atoms with Crippen molar-refractivity contribution in [2.24, 2.45) is 0 Å². The summed E-state index contributed by atoms with van der Waals surface area (Å²) < 4.78 is 5.59. The topological polar surface area (TPSA) is 38.3 Å². The smallest absolute Gasteiger partial charge is 0.251 e. The summed E-state index contributed by atoms with van der Waals surface area (Å²) in [4.78, 5) is 12.3. The summed E-state index contributed by atoms with van der Waals surface area (Å²) in [5, 5.41) is 4.20. The molecule has 1 N–H and O–H groups in total. The number of carbonyl (C=O) groups is 1. The molecule has 0 fully saturated rings. The Labute approximate surface area is 150 Å². The molecule has 0 bridgehead atoms. The van der Waals surface area contributed by atoms with E-state index in [1.54, 1.807) is 25.3 Å². The highest BCUT2D eigenvalue weighted by Crippen LogP contribution is 2.27. The first kappa shape index (κ1) is 18.1. The second-order valence-corrected chi connectivity index (χ2v) is 6.51. The minimum atomic E-state index is -0.698. The molecule has 0 aliphatic heterocycles. The van der Waals surface area contributed by atoms with Crippen LogP contribution >= 0.6 is 34.8 Å². The number of benzene rings is 2. The maximum atomic E-state index is 12.3. The van der Waals surface area contributed by atoms with Crippen molar-refractivity contribution in [3.63, 3.8) is 0 Å². The maximum absolute atomic E-state index is 12.3. The predicted octanol–water partition coefficient (Wildman–Crippen LogP) is 4.94. The number of amides is 1. The first-order chi connectivity index (χ1) is 10.9. The number of carbonyl (C=O) groups excluding carboxylic acids is 1. The van der Waals surface area contributed by atoms with Gasteiger partial charge in [-0.25, -0.2) is 0 Å². The van der Waals surface area contributed by atoms with Gasteiger partial charge in [-0.3, -0.25) is 4.79 Å². The van der Waals surface area contributed by atoms with Crippen LogP contribution in [0.25, 0.3) is 0 Å². The van der Waals surface area contributed by atoms with Crippen LogP contribution in [0.15, 0.2) is 42.5 Å². The lowest BCUT2D eigenvalue weighted by Gasteiger charge is -2.29. The summed E-state index contributed by atoms with van der Waals surface area (Å²) in [6.07, 6.45) is 0. The predicted molar refractivity (Wildman–Crippen MR) is 94.6 cm³/mol. The van der Waals surface area contributed by atoms with E-state index in [9.17, 15) is 4.79 Å². The molecule has 122 valence electrons. The van der Waals surface area contributed by atoms with Crippen molar-refractivity contribution in [2.45, 2.75) is 12.5 Å². The van der Waals surface area contributed by atoms with Crippen LogP contribution in [-0.2, 0) is 10.3 Å². The van der Waals surface area contributed by atoms with E-state index in [4.69, 9.17) is 39.5 Å². The monoisotopic (exact) mass is 371 g/mol. The Morgan fingerprint density at radius 2 is 1.87 bits per heavy atom. The highest BCUT2D eigenvalue weighted by molar-refractivity contribution is 6.42. The largest absolute Gasteiger partial charge is 0.372 e. The molecule has 3 nitrogen and oxygen atoms in total. The molecular weight excluding hydrogens is 357 g/mol. The van der Waals surface area contributed by atoms with E-state index >= 15 is 0 Å². The van der Waals surface area contributed by atoms with Crippen LogP contribution in [0.3, 0.4) is 0 Å². The molecule has 0 saturated heterocycles. The number of methoxy groups -OCH3 is 1. The molecule has 0 heterocycles. The van der Waals surface area contributed by atoms with Gasteiger partial charge in [-0.1, -0.05) is 46.9 Å². The molecule has 23 heavy (non-hydrogen) atoms. The van der Waals surface area contributed by atoms with E-state index in [0.29, 0.717) is 20.6 Å². The van der Waals surface area contributed by atoms with E-state index in [1.807, 2.05) is 25.1 Å². The molecule has 2 aromatic rings. The van der Waals surface area contributed by atoms with Gasteiger partial charge in [0.25, 0.3) is 5.91 Å². The Morgan fingerprint density at radius 1 is 1.13 bits per heavy atom. The van der Waals surface area contributed by atoms with Crippen LogP contribution in [-0.4, -0.2) is 19.6 Å². The summed E-state index contributed by atoms with van der Waals surface area (Å²) in [6, 6.07) is 12.1. The number of rotatable bonds is 5. The van der Waals surface area contributed by atoms with Gasteiger partial charge in [0.05, 0.1) is 16.6 Å². The molecule has 0 aliphatic carbocycles. The van der Waals surface area contributed by atoms with E-state index in [0.717, 1.165) is 5.56 Å². The Hall–Kier alpha value is -1.26. The lowest BCUT2D eigenvalue weighted by molar-refractivity contribution is 0.00315. The highest BCUT2D eigenvalue weighted by atomic mass is 35.5. The van der Waals surface area contributed by atoms with E-state index in [1.165, 1.54) is 6.07 Å². The summed E-state index contributed by atoms with van der Waals surface area (Å²) >= 11 is 17.8. The maximum Gasteiger partial charge on any atom is 0.251 e. The minimum absolute atomic E-state index is 0.256. The summed E-state index contributed by atoms with van der Waals surface area (Å²) in [7, 11) is 1.59. The van der Waals surface area contributed by atoms with Gasteiger partial charge in [-0.15, -0.1) is 0 Å². The molecule has 1 atom stereocenters. The van der Waals surface area contributed by atoms with Crippen LogP contribution < -0.4 is 5.32 Å². The summed E-state index contributed by atoms with van der Waals surface area (Å²) in [5.74, 6) is -0.256. The second-order valence-electron chi connectivity index (χ2n) is 5.26. The van der Waals surface area contributed by atoms with E-state index in [2.05, 4.69) is 5.32 Å². The van der Waals surface area contributed by atoms with Crippen molar-refractivity contribution < 1.29 is 9.53 Å². The molecule has 2 aromatic carbocycles. The third kappa shape index (κ3) is 4.39. The van der Waals surface area contributed by atoms with Crippen LogP contribution in [0.4, 0.5) is 0 Å². The quantitative estimate of drug-likeness (QED) is 0.807. The molecule has 0 radical (unpaired) electrons. The first-order valence-corrected chi connectivity index (χ1v) is 8.03. The zero-order valence-corrected chi connectivity index (χ0v) is 15.0. The zero-order valence-electron chi connectivity index (χ0n) is 12.7. The van der Waals surface area contributed by atoms with Gasteiger partial charge in [0.15, 0.2) is 0 Å². The van der Waals surface area contributed by atoms with E-state index in [-0.39, 0.29) is 12.5 Å². The fourth-order valence-corrected chi connectivity index (χ4v) is 2.59. The lowest BCUT2D eigenvalue weighted by Crippen LogP contribution is -2.40. The van der Waals surface area contributed by atoms with Crippen LogP contribution in [0.5, 0.6) is 0 Å². The Balaban J connectivity index is 2.13. The lowest BCUT2D eigenvalue weighted by atomic mass is 9.95. The number of halogens is 3. The van der Waals surface area contributed by atoms with Gasteiger partial charge >= 0.3 is 0 Å². The summed E-state index contributed by atoms with van der Waals surface area (Å²) in [5.41, 5.74) is 0.613. The molecule has 1 unspecified atom stereocenters. The van der Waals surface area contributed by atoms with E-state index < -0.39 is 5.60 Å². The van der Waals surface area contributed by atoms with Gasteiger partial charge in [-0.2, -0.15) is 0 Å². The third-order valence-electron chi connectivity index (χ3n) is 3.65. The average Bonchev–Trinajstić information content (AvgIpc) is 2.54. The third-order valence-corrected chi connectivity index (χ3v) is 4.63. The summed E-state index contributed by atoms with van der Waals surface area (Å²) in [6.45, 7) is 2.16. The Kier molecular flexibility index (Phi) is 5.93.